The number of halogens is 5. The summed E-state index contributed by atoms with van der Waals surface area (Å²) in [5.74, 6) is -2.02. The Bertz CT molecular complexity index is 1610. The predicted octanol–water partition coefficient (Wildman–Crippen LogP) is 7.19. The summed E-state index contributed by atoms with van der Waals surface area (Å²) in [5.41, 5.74) is 1.05. The maximum atomic E-state index is 14.5. The predicted molar refractivity (Wildman–Crippen MR) is 137 cm³/mol. The molecule has 12 heteroatoms. The minimum Gasteiger partial charge on any atom is -0.362 e. The molecule has 1 aliphatic rings. The van der Waals surface area contributed by atoms with Crippen molar-refractivity contribution in [3.63, 3.8) is 0 Å². The van der Waals surface area contributed by atoms with Crippen molar-refractivity contribution in [2.75, 3.05) is 21.3 Å². The normalized spacial score (nSPS) is 13.7. The number of hydrogen-bond donors (Lipinski definition) is 5. The number of anilines is 5. The molecule has 0 aliphatic carbocycles. The molecule has 1 aromatic heterocycles. The summed E-state index contributed by atoms with van der Waals surface area (Å²) in [4.78, 5) is 27.8. The fourth-order valence-corrected chi connectivity index (χ4v) is 3.94. The highest BCUT2D eigenvalue weighted by molar-refractivity contribution is 6.35. The van der Waals surface area contributed by atoms with Crippen LogP contribution in [0.5, 0.6) is 0 Å². The second kappa shape index (κ2) is 9.97. The monoisotopic (exact) mass is 539 g/mol. The van der Waals surface area contributed by atoms with Crippen LogP contribution in [0, 0.1) is 11.6 Å². The number of amides is 3. The lowest BCUT2D eigenvalue weighted by atomic mass is 10.1. The molecule has 0 atom stereocenters. The Labute approximate surface area is 217 Å². The number of carbonyl (C=O) groups is 2. The molecule has 5 N–H and O–H groups in total. The zero-order chi connectivity index (χ0) is 27.7. The second-order valence-corrected chi connectivity index (χ2v) is 8.49. The molecule has 7 nitrogen and oxygen atoms in total. The van der Waals surface area contributed by atoms with Crippen molar-refractivity contribution >= 4 is 52.0 Å². The minimum absolute atomic E-state index is 0.0375. The first-order valence-electron chi connectivity index (χ1n) is 11.4. The van der Waals surface area contributed by atoms with Gasteiger partial charge in [-0.3, -0.25) is 4.79 Å². The van der Waals surface area contributed by atoms with Crippen LogP contribution in [-0.4, -0.2) is 16.9 Å². The van der Waals surface area contributed by atoms with Crippen LogP contribution in [0.3, 0.4) is 0 Å². The topological polar surface area (TPSA) is 98.1 Å². The SMILES string of the molecule is O=C(Nc1ccc(F)c(Nc2ccc3c(c2)NC(=O)/C3=C\c2ccc[nH]2)c1)Nc1cc(C(F)(F)F)ccc1F. The van der Waals surface area contributed by atoms with Gasteiger partial charge in [-0.25, -0.2) is 13.6 Å². The summed E-state index contributed by atoms with van der Waals surface area (Å²) in [6, 6.07) is 12.7. The van der Waals surface area contributed by atoms with Gasteiger partial charge in [-0.05, 0) is 66.7 Å². The number of nitrogens with one attached hydrogen (secondary N) is 5. The van der Waals surface area contributed by atoms with E-state index in [2.05, 4.69) is 20.9 Å². The maximum Gasteiger partial charge on any atom is 0.416 e. The number of H-pyrrole nitrogens is 1. The molecule has 0 radical (unpaired) electrons. The number of hydrogen-bond acceptors (Lipinski definition) is 3. The van der Waals surface area contributed by atoms with Crippen LogP contribution in [-0.2, 0) is 11.0 Å². The summed E-state index contributed by atoms with van der Waals surface area (Å²) in [6.45, 7) is 0. The Hall–Kier alpha value is -5.13. The Kier molecular flexibility index (Phi) is 6.52. The molecule has 4 aromatic rings. The Morgan fingerprint density at radius 1 is 0.846 bits per heavy atom. The maximum absolute atomic E-state index is 14.5. The lowest BCUT2D eigenvalue weighted by molar-refractivity contribution is -0.137. The molecule has 0 fully saturated rings. The van der Waals surface area contributed by atoms with Gasteiger partial charge in [0, 0.05) is 28.8 Å². The van der Waals surface area contributed by atoms with Crippen molar-refractivity contribution in [3.8, 4) is 0 Å². The third-order valence-corrected chi connectivity index (χ3v) is 5.77. The van der Waals surface area contributed by atoms with Gasteiger partial charge >= 0.3 is 12.2 Å². The van der Waals surface area contributed by atoms with Crippen molar-refractivity contribution in [2.45, 2.75) is 6.18 Å². The molecular weight excluding hydrogens is 521 g/mol. The van der Waals surface area contributed by atoms with E-state index in [0.717, 1.165) is 11.8 Å². The second-order valence-electron chi connectivity index (χ2n) is 8.49. The summed E-state index contributed by atoms with van der Waals surface area (Å²) < 4.78 is 67.2. The van der Waals surface area contributed by atoms with Gasteiger partial charge in [0.25, 0.3) is 5.91 Å². The molecule has 2 heterocycles. The van der Waals surface area contributed by atoms with Gasteiger partial charge in [0.05, 0.1) is 28.2 Å². The van der Waals surface area contributed by atoms with Gasteiger partial charge in [-0.2, -0.15) is 13.2 Å². The molecule has 3 aromatic carbocycles. The van der Waals surface area contributed by atoms with Gasteiger partial charge in [0.15, 0.2) is 0 Å². The number of alkyl halides is 3. The van der Waals surface area contributed by atoms with Gasteiger partial charge in [-0.1, -0.05) is 6.07 Å². The largest absolute Gasteiger partial charge is 0.416 e. The van der Waals surface area contributed by atoms with Crippen LogP contribution in [0.4, 0.5) is 55.2 Å². The molecule has 39 heavy (non-hydrogen) atoms. The first kappa shape index (κ1) is 25.5. The highest BCUT2D eigenvalue weighted by atomic mass is 19.4. The fraction of sp³-hybridized carbons (Fsp3) is 0.0370. The smallest absolute Gasteiger partial charge is 0.362 e. The Balaban J connectivity index is 1.31. The number of fused-ring (bicyclic) bond motifs is 1. The van der Waals surface area contributed by atoms with E-state index in [1.165, 1.54) is 12.1 Å². The first-order valence-corrected chi connectivity index (χ1v) is 11.4. The van der Waals surface area contributed by atoms with Crippen molar-refractivity contribution in [3.05, 3.63) is 101 Å². The molecular formula is C27H18F5N5O2. The van der Waals surface area contributed by atoms with Gasteiger partial charge in [-0.15, -0.1) is 0 Å². The zero-order valence-corrected chi connectivity index (χ0v) is 19.7. The van der Waals surface area contributed by atoms with Crippen molar-refractivity contribution in [2.24, 2.45) is 0 Å². The molecule has 3 amide bonds. The number of benzene rings is 3. The van der Waals surface area contributed by atoms with Crippen LogP contribution in [0.1, 0.15) is 16.8 Å². The van der Waals surface area contributed by atoms with Gasteiger partial charge in [0.1, 0.15) is 11.6 Å². The van der Waals surface area contributed by atoms with E-state index in [9.17, 15) is 31.5 Å². The molecule has 0 unspecified atom stereocenters. The number of rotatable bonds is 5. The minimum atomic E-state index is -4.72. The molecule has 198 valence electrons. The van der Waals surface area contributed by atoms with E-state index in [-0.39, 0.29) is 17.3 Å². The lowest BCUT2D eigenvalue weighted by Crippen LogP contribution is -2.20. The van der Waals surface area contributed by atoms with Crippen LogP contribution < -0.4 is 21.3 Å². The van der Waals surface area contributed by atoms with E-state index in [0.29, 0.717) is 40.7 Å². The van der Waals surface area contributed by atoms with E-state index in [1.807, 2.05) is 11.4 Å². The first-order chi connectivity index (χ1) is 18.6. The fourth-order valence-electron chi connectivity index (χ4n) is 3.94. The summed E-state index contributed by atoms with van der Waals surface area (Å²) in [7, 11) is 0. The van der Waals surface area contributed by atoms with Gasteiger partial charge < -0.3 is 26.3 Å². The summed E-state index contributed by atoms with van der Waals surface area (Å²) in [6.07, 6.45) is -1.28. The van der Waals surface area contributed by atoms with Crippen molar-refractivity contribution < 1.29 is 31.5 Å². The van der Waals surface area contributed by atoms with Crippen molar-refractivity contribution in [1.29, 1.82) is 0 Å². The average Bonchev–Trinajstić information content (AvgIpc) is 3.49. The van der Waals surface area contributed by atoms with Gasteiger partial charge in [0.2, 0.25) is 0 Å². The lowest BCUT2D eigenvalue weighted by Gasteiger charge is -2.13. The van der Waals surface area contributed by atoms with Crippen LogP contribution in [0.15, 0.2) is 72.9 Å². The third-order valence-electron chi connectivity index (χ3n) is 5.77. The number of aromatic nitrogens is 1. The quantitative estimate of drug-likeness (QED) is 0.137. The van der Waals surface area contributed by atoms with Crippen molar-refractivity contribution in [1.82, 2.24) is 4.98 Å². The zero-order valence-electron chi connectivity index (χ0n) is 19.7. The Morgan fingerprint density at radius 3 is 2.33 bits per heavy atom. The standard InChI is InChI=1S/C27H18F5N5O2/c28-20-7-3-14(27(30,31)32)10-23(20)37-26(39)35-17-5-8-21(29)24(13-17)34-16-4-6-18-19(11-15-2-1-9-33-15)25(38)36-22(18)12-16/h1-13,33-34H,(H,36,38)(H2,35,37,39)/b19-11-. The molecule has 0 saturated heterocycles. The summed E-state index contributed by atoms with van der Waals surface area (Å²) in [5, 5.41) is 9.97. The molecule has 5 rings (SSSR count). The average molecular weight is 539 g/mol. The third kappa shape index (κ3) is 5.59. The molecule has 0 spiro atoms. The molecule has 1 aliphatic heterocycles. The van der Waals surface area contributed by atoms with E-state index in [1.54, 1.807) is 36.5 Å². The van der Waals surface area contributed by atoms with Crippen LogP contribution in [0.25, 0.3) is 11.6 Å². The van der Waals surface area contributed by atoms with Crippen LogP contribution >= 0.6 is 0 Å². The molecule has 0 bridgehead atoms. The van der Waals surface area contributed by atoms with E-state index in [4.69, 9.17) is 0 Å². The molecule has 0 saturated carbocycles. The van der Waals surface area contributed by atoms with E-state index >= 15 is 0 Å². The van der Waals surface area contributed by atoms with Crippen LogP contribution in [0.2, 0.25) is 0 Å². The number of urea groups is 1. The van der Waals surface area contributed by atoms with E-state index < -0.39 is 35.1 Å². The number of aromatic amines is 1. The Morgan fingerprint density at radius 2 is 1.59 bits per heavy atom. The number of carbonyl (C=O) groups excluding carboxylic acids is 2. The highest BCUT2D eigenvalue weighted by Crippen LogP contribution is 2.36. The highest BCUT2D eigenvalue weighted by Gasteiger charge is 2.31. The summed E-state index contributed by atoms with van der Waals surface area (Å²) >= 11 is 0.